The molecule has 0 fully saturated rings. The van der Waals surface area contributed by atoms with E-state index in [9.17, 15) is 0 Å². The fourth-order valence-electron chi connectivity index (χ4n) is 3.38. The third-order valence-corrected chi connectivity index (χ3v) is 4.69. The van der Waals surface area contributed by atoms with E-state index in [2.05, 4.69) is 27.7 Å². The molecule has 24 heavy (non-hydrogen) atoms. The summed E-state index contributed by atoms with van der Waals surface area (Å²) in [6, 6.07) is 0. The highest BCUT2D eigenvalue weighted by molar-refractivity contribution is 4.78. The van der Waals surface area contributed by atoms with Crippen molar-refractivity contribution in [2.75, 3.05) is 6.61 Å². The Bertz CT molecular complexity index is 237. The fourth-order valence-corrected chi connectivity index (χ4v) is 3.38. The van der Waals surface area contributed by atoms with Crippen LogP contribution in [0.1, 0.15) is 124 Å². The van der Waals surface area contributed by atoms with E-state index in [0.29, 0.717) is 6.61 Å². The first kappa shape index (κ1) is 23.9. The van der Waals surface area contributed by atoms with Crippen molar-refractivity contribution in [3.63, 3.8) is 0 Å². The van der Waals surface area contributed by atoms with Gasteiger partial charge < -0.3 is 0 Å². The zero-order valence-corrected chi connectivity index (χ0v) is 17.0. The molecule has 0 aliphatic rings. The molecular formula is C21H44O3. The first-order valence-corrected chi connectivity index (χ1v) is 10.7. The summed E-state index contributed by atoms with van der Waals surface area (Å²) < 4.78 is 0. The average molecular weight is 345 g/mol. The Morgan fingerprint density at radius 1 is 0.542 bits per heavy atom. The SMILES string of the molecule is CCCCCCCCCCCC(CCC)(CCC)OOOCCC. The zero-order chi connectivity index (χ0) is 17.9. The van der Waals surface area contributed by atoms with Crippen LogP contribution in [-0.4, -0.2) is 12.2 Å². The van der Waals surface area contributed by atoms with Gasteiger partial charge in [0.2, 0.25) is 0 Å². The van der Waals surface area contributed by atoms with Crippen molar-refractivity contribution in [1.82, 2.24) is 0 Å². The van der Waals surface area contributed by atoms with Crippen molar-refractivity contribution in [2.45, 2.75) is 130 Å². The molecule has 0 aromatic rings. The Morgan fingerprint density at radius 2 is 1.08 bits per heavy atom. The lowest BCUT2D eigenvalue weighted by Gasteiger charge is -2.31. The Hall–Kier alpha value is -0.120. The van der Waals surface area contributed by atoms with Crippen molar-refractivity contribution in [3.05, 3.63) is 0 Å². The maximum Gasteiger partial charge on any atom is 0.107 e. The second-order valence-electron chi connectivity index (χ2n) is 7.23. The van der Waals surface area contributed by atoms with Gasteiger partial charge in [0.25, 0.3) is 0 Å². The lowest BCUT2D eigenvalue weighted by molar-refractivity contribution is -0.545. The van der Waals surface area contributed by atoms with E-state index in [1.54, 1.807) is 0 Å². The molecule has 3 nitrogen and oxygen atoms in total. The molecule has 0 rings (SSSR count). The second-order valence-corrected chi connectivity index (χ2v) is 7.23. The lowest BCUT2D eigenvalue weighted by atomic mass is 9.87. The van der Waals surface area contributed by atoms with E-state index in [-0.39, 0.29) is 5.60 Å². The first-order chi connectivity index (χ1) is 11.7. The predicted octanol–water partition coefficient (Wildman–Crippen LogP) is 7.54. The molecule has 0 saturated carbocycles. The van der Waals surface area contributed by atoms with Gasteiger partial charge in [0.05, 0.1) is 6.61 Å². The van der Waals surface area contributed by atoms with Crippen molar-refractivity contribution in [3.8, 4) is 0 Å². The standard InChI is InChI=1S/C21H44O3/c1-5-9-10-11-12-13-14-15-16-19-21(17-6-2,18-7-3)23-24-22-20-8-4/h5-20H2,1-4H3. The van der Waals surface area contributed by atoms with Gasteiger partial charge >= 0.3 is 0 Å². The smallest absolute Gasteiger partial charge is 0.107 e. The zero-order valence-electron chi connectivity index (χ0n) is 17.0. The minimum atomic E-state index is -0.154. The quantitative estimate of drug-likeness (QED) is 0.138. The summed E-state index contributed by atoms with van der Waals surface area (Å²) in [6.45, 7) is 9.37. The Balaban J connectivity index is 3.97. The molecule has 0 N–H and O–H groups in total. The molecule has 0 bridgehead atoms. The van der Waals surface area contributed by atoms with Gasteiger partial charge in [-0.1, -0.05) is 103 Å². The normalized spacial score (nSPS) is 12.0. The fraction of sp³-hybridized carbons (Fsp3) is 1.00. The predicted molar refractivity (Wildman–Crippen MR) is 103 cm³/mol. The van der Waals surface area contributed by atoms with Gasteiger partial charge in [0.15, 0.2) is 0 Å². The summed E-state index contributed by atoms with van der Waals surface area (Å²) >= 11 is 0. The minimum absolute atomic E-state index is 0.154. The molecule has 0 heterocycles. The van der Waals surface area contributed by atoms with Gasteiger partial charge in [-0.3, -0.25) is 0 Å². The van der Waals surface area contributed by atoms with Gasteiger partial charge in [-0.25, -0.2) is 4.89 Å². The Morgan fingerprint density at radius 3 is 1.58 bits per heavy atom. The second kappa shape index (κ2) is 17.7. The summed E-state index contributed by atoms with van der Waals surface area (Å²) in [7, 11) is 0. The van der Waals surface area contributed by atoms with E-state index < -0.39 is 0 Å². The summed E-state index contributed by atoms with van der Waals surface area (Å²) in [5.41, 5.74) is -0.154. The van der Waals surface area contributed by atoms with Crippen LogP contribution in [0.15, 0.2) is 0 Å². The number of rotatable bonds is 19. The first-order valence-electron chi connectivity index (χ1n) is 10.7. The number of hydrogen-bond acceptors (Lipinski definition) is 3. The molecule has 0 aromatic heterocycles. The Kier molecular flexibility index (Phi) is 17.6. The monoisotopic (exact) mass is 344 g/mol. The van der Waals surface area contributed by atoms with Crippen LogP contribution in [-0.2, 0) is 14.8 Å². The van der Waals surface area contributed by atoms with Gasteiger partial charge in [0, 0.05) is 0 Å². The van der Waals surface area contributed by atoms with Crippen LogP contribution < -0.4 is 0 Å². The number of unbranched alkanes of at least 4 members (excludes halogenated alkanes) is 8. The maximum atomic E-state index is 5.76. The molecule has 0 spiro atoms. The topological polar surface area (TPSA) is 27.7 Å². The summed E-state index contributed by atoms with van der Waals surface area (Å²) in [6.07, 6.45) is 18.6. The largest absolute Gasteiger partial charge is 0.206 e. The van der Waals surface area contributed by atoms with Crippen LogP contribution in [0.3, 0.4) is 0 Å². The molecule has 0 atom stereocenters. The average Bonchev–Trinajstić information content (AvgIpc) is 2.58. The highest BCUT2D eigenvalue weighted by atomic mass is 17.5. The Labute approximate surface area is 151 Å². The molecule has 0 aromatic carbocycles. The van der Waals surface area contributed by atoms with Crippen LogP contribution in [0, 0.1) is 0 Å². The van der Waals surface area contributed by atoms with Crippen molar-refractivity contribution < 1.29 is 14.8 Å². The van der Waals surface area contributed by atoms with Crippen LogP contribution in [0.2, 0.25) is 0 Å². The van der Waals surface area contributed by atoms with Crippen molar-refractivity contribution >= 4 is 0 Å². The van der Waals surface area contributed by atoms with Crippen molar-refractivity contribution in [1.29, 1.82) is 0 Å². The summed E-state index contributed by atoms with van der Waals surface area (Å²) in [4.78, 5) is 10.9. The van der Waals surface area contributed by atoms with Gasteiger partial charge in [-0.2, -0.15) is 4.89 Å². The van der Waals surface area contributed by atoms with E-state index in [0.717, 1.165) is 38.5 Å². The summed E-state index contributed by atoms with van der Waals surface area (Å²) in [5.74, 6) is 0. The minimum Gasteiger partial charge on any atom is -0.206 e. The molecule has 0 aliphatic carbocycles. The molecule has 0 saturated heterocycles. The maximum absolute atomic E-state index is 5.76. The molecule has 0 aliphatic heterocycles. The highest BCUT2D eigenvalue weighted by Gasteiger charge is 2.31. The lowest BCUT2D eigenvalue weighted by Crippen LogP contribution is -2.33. The third kappa shape index (κ3) is 13.2. The highest BCUT2D eigenvalue weighted by Crippen LogP contribution is 2.31. The van der Waals surface area contributed by atoms with Crippen molar-refractivity contribution in [2.24, 2.45) is 0 Å². The van der Waals surface area contributed by atoms with Crippen LogP contribution in [0.5, 0.6) is 0 Å². The van der Waals surface area contributed by atoms with Gasteiger partial charge in [-0.15, -0.1) is 0 Å². The van der Waals surface area contributed by atoms with Gasteiger partial charge in [0.1, 0.15) is 5.60 Å². The molecule has 0 amide bonds. The third-order valence-electron chi connectivity index (χ3n) is 4.69. The van der Waals surface area contributed by atoms with E-state index in [1.165, 1.54) is 57.8 Å². The molecule has 146 valence electrons. The summed E-state index contributed by atoms with van der Waals surface area (Å²) in [5, 5.41) is 5.08. The van der Waals surface area contributed by atoms with E-state index >= 15 is 0 Å². The molecule has 0 radical (unpaired) electrons. The number of hydrogen-bond donors (Lipinski definition) is 0. The van der Waals surface area contributed by atoms with Crippen LogP contribution in [0.25, 0.3) is 0 Å². The van der Waals surface area contributed by atoms with E-state index in [1.807, 2.05) is 0 Å². The molecule has 3 heteroatoms. The van der Waals surface area contributed by atoms with E-state index in [4.69, 9.17) is 14.8 Å². The van der Waals surface area contributed by atoms with Crippen LogP contribution in [0.4, 0.5) is 0 Å². The van der Waals surface area contributed by atoms with Crippen LogP contribution >= 0.6 is 0 Å². The molecular weight excluding hydrogens is 300 g/mol. The van der Waals surface area contributed by atoms with Gasteiger partial charge in [-0.05, 0) is 25.7 Å². The molecule has 0 unspecified atom stereocenters.